The lowest BCUT2D eigenvalue weighted by Gasteiger charge is -2.09. The highest BCUT2D eigenvalue weighted by Gasteiger charge is 1.95. The summed E-state index contributed by atoms with van der Waals surface area (Å²) in [5.74, 6) is 5.07. The average molecular weight is 177 g/mol. The van der Waals surface area contributed by atoms with E-state index in [1.807, 2.05) is 26.2 Å². The van der Waals surface area contributed by atoms with Crippen LogP contribution in [0.1, 0.15) is 11.1 Å². The van der Waals surface area contributed by atoms with Crippen molar-refractivity contribution in [2.24, 2.45) is 10.9 Å². The van der Waals surface area contributed by atoms with Crippen LogP contribution in [0.2, 0.25) is 0 Å². The molecule has 70 valence electrons. The topological polar surface area (TPSA) is 41.6 Å². The number of hydrazone groups is 1. The Bertz CT molecular complexity index is 292. The molecule has 0 aliphatic rings. The van der Waals surface area contributed by atoms with Crippen LogP contribution in [0.5, 0.6) is 0 Å². The Morgan fingerprint density at radius 3 is 2.85 bits per heavy atom. The van der Waals surface area contributed by atoms with Gasteiger partial charge in [-0.05, 0) is 31.3 Å². The first-order chi connectivity index (χ1) is 6.22. The maximum absolute atomic E-state index is 5.07. The Morgan fingerprint density at radius 2 is 2.23 bits per heavy atom. The molecular formula is C10H15N3. The van der Waals surface area contributed by atoms with Gasteiger partial charge >= 0.3 is 0 Å². The van der Waals surface area contributed by atoms with Crippen molar-refractivity contribution in [2.45, 2.75) is 6.54 Å². The lowest BCUT2D eigenvalue weighted by Crippen LogP contribution is -2.10. The highest BCUT2D eigenvalue weighted by Crippen LogP contribution is 2.04. The molecule has 1 rings (SSSR count). The summed E-state index contributed by atoms with van der Waals surface area (Å²) < 4.78 is 0. The summed E-state index contributed by atoms with van der Waals surface area (Å²) >= 11 is 0. The van der Waals surface area contributed by atoms with Crippen LogP contribution in [0.4, 0.5) is 0 Å². The number of nitrogens with two attached hydrogens (primary N) is 1. The van der Waals surface area contributed by atoms with Crippen LogP contribution in [-0.4, -0.2) is 25.2 Å². The molecule has 0 amide bonds. The number of benzene rings is 1. The molecule has 0 saturated heterocycles. The van der Waals surface area contributed by atoms with Crippen molar-refractivity contribution in [3.8, 4) is 0 Å². The Hall–Kier alpha value is -1.35. The van der Waals surface area contributed by atoms with Crippen molar-refractivity contribution >= 4 is 6.21 Å². The Morgan fingerprint density at radius 1 is 1.46 bits per heavy atom. The average Bonchev–Trinajstić information content (AvgIpc) is 2.04. The van der Waals surface area contributed by atoms with Crippen LogP contribution in [0, 0.1) is 0 Å². The normalized spacial score (nSPS) is 11.3. The van der Waals surface area contributed by atoms with Gasteiger partial charge in [0.25, 0.3) is 0 Å². The van der Waals surface area contributed by atoms with Crippen LogP contribution in [0.25, 0.3) is 0 Å². The molecule has 0 saturated carbocycles. The molecule has 0 fully saturated rings. The van der Waals surface area contributed by atoms with E-state index in [0.29, 0.717) is 0 Å². The number of hydrogen-bond acceptors (Lipinski definition) is 3. The Kier molecular flexibility index (Phi) is 3.46. The molecule has 3 nitrogen and oxygen atoms in total. The first-order valence-electron chi connectivity index (χ1n) is 4.19. The largest absolute Gasteiger partial charge is 0.323 e. The maximum atomic E-state index is 5.07. The van der Waals surface area contributed by atoms with Gasteiger partial charge in [-0.15, -0.1) is 0 Å². The van der Waals surface area contributed by atoms with Crippen molar-refractivity contribution in [3.05, 3.63) is 35.4 Å². The summed E-state index contributed by atoms with van der Waals surface area (Å²) in [5, 5.41) is 3.49. The molecule has 13 heavy (non-hydrogen) atoms. The van der Waals surface area contributed by atoms with Gasteiger partial charge in [0.05, 0.1) is 6.21 Å². The minimum atomic E-state index is 0.937. The standard InChI is InChI=1S/C10H15N3/c1-13(2)8-10-5-3-4-9(6-10)7-12-11/h3-7H,8,11H2,1-2H3. The highest BCUT2D eigenvalue weighted by molar-refractivity contribution is 5.79. The minimum Gasteiger partial charge on any atom is -0.323 e. The molecule has 0 aliphatic heterocycles. The fourth-order valence-electron chi connectivity index (χ4n) is 1.22. The minimum absolute atomic E-state index is 0.937. The molecule has 1 aromatic carbocycles. The van der Waals surface area contributed by atoms with Crippen LogP contribution >= 0.6 is 0 Å². The number of rotatable bonds is 3. The van der Waals surface area contributed by atoms with E-state index in [2.05, 4.69) is 22.1 Å². The van der Waals surface area contributed by atoms with E-state index >= 15 is 0 Å². The quantitative estimate of drug-likeness (QED) is 0.426. The van der Waals surface area contributed by atoms with Gasteiger partial charge in [0, 0.05) is 6.54 Å². The molecule has 3 heteroatoms. The second kappa shape index (κ2) is 4.62. The van der Waals surface area contributed by atoms with Crippen molar-refractivity contribution in [1.29, 1.82) is 0 Å². The summed E-state index contributed by atoms with van der Waals surface area (Å²) in [6, 6.07) is 8.16. The van der Waals surface area contributed by atoms with Crippen molar-refractivity contribution in [2.75, 3.05) is 14.1 Å². The summed E-state index contributed by atoms with van der Waals surface area (Å²) in [7, 11) is 4.09. The zero-order valence-corrected chi connectivity index (χ0v) is 8.07. The predicted octanol–water partition coefficient (Wildman–Crippen LogP) is 1.04. The molecule has 1 aromatic rings. The molecule has 0 atom stereocenters. The zero-order chi connectivity index (χ0) is 9.68. The summed E-state index contributed by atoms with van der Waals surface area (Å²) in [5.41, 5.74) is 2.31. The summed E-state index contributed by atoms with van der Waals surface area (Å²) in [6.07, 6.45) is 1.65. The van der Waals surface area contributed by atoms with Crippen LogP contribution in [-0.2, 0) is 6.54 Å². The Labute approximate surface area is 78.9 Å². The SMILES string of the molecule is CN(C)Cc1cccc(C=NN)c1. The van der Waals surface area contributed by atoms with E-state index in [-0.39, 0.29) is 0 Å². The van der Waals surface area contributed by atoms with Gasteiger partial charge in [-0.25, -0.2) is 0 Å². The molecule has 0 spiro atoms. The van der Waals surface area contributed by atoms with Gasteiger partial charge in [-0.3, -0.25) is 0 Å². The molecule has 0 bridgehead atoms. The summed E-state index contributed by atoms with van der Waals surface area (Å²) in [4.78, 5) is 2.12. The zero-order valence-electron chi connectivity index (χ0n) is 8.07. The summed E-state index contributed by atoms with van der Waals surface area (Å²) in [6.45, 7) is 0.937. The van der Waals surface area contributed by atoms with E-state index < -0.39 is 0 Å². The van der Waals surface area contributed by atoms with E-state index in [4.69, 9.17) is 5.84 Å². The van der Waals surface area contributed by atoms with Crippen molar-refractivity contribution < 1.29 is 0 Å². The lowest BCUT2D eigenvalue weighted by molar-refractivity contribution is 0.402. The van der Waals surface area contributed by atoms with E-state index in [1.165, 1.54) is 5.56 Å². The molecule has 0 heterocycles. The molecule has 0 radical (unpaired) electrons. The first kappa shape index (κ1) is 9.74. The van der Waals surface area contributed by atoms with Crippen LogP contribution in [0.3, 0.4) is 0 Å². The van der Waals surface area contributed by atoms with Gasteiger partial charge in [-0.1, -0.05) is 18.2 Å². The van der Waals surface area contributed by atoms with Gasteiger partial charge in [0.15, 0.2) is 0 Å². The van der Waals surface area contributed by atoms with Gasteiger partial charge in [0.2, 0.25) is 0 Å². The molecule has 0 aliphatic carbocycles. The lowest BCUT2D eigenvalue weighted by atomic mass is 10.1. The fourth-order valence-corrected chi connectivity index (χ4v) is 1.22. The Balaban J connectivity index is 2.79. The highest BCUT2D eigenvalue weighted by atomic mass is 15.1. The smallest absolute Gasteiger partial charge is 0.0538 e. The monoisotopic (exact) mass is 177 g/mol. The number of hydrogen-bond donors (Lipinski definition) is 1. The van der Waals surface area contributed by atoms with Crippen molar-refractivity contribution in [3.63, 3.8) is 0 Å². The molecule has 0 aromatic heterocycles. The third-order valence-corrected chi connectivity index (χ3v) is 1.67. The van der Waals surface area contributed by atoms with Crippen LogP contribution < -0.4 is 5.84 Å². The van der Waals surface area contributed by atoms with Gasteiger partial charge < -0.3 is 10.7 Å². The maximum Gasteiger partial charge on any atom is 0.0538 e. The second-order valence-electron chi connectivity index (χ2n) is 3.26. The van der Waals surface area contributed by atoms with Crippen molar-refractivity contribution in [1.82, 2.24) is 4.90 Å². The molecule has 0 unspecified atom stereocenters. The fraction of sp³-hybridized carbons (Fsp3) is 0.300. The third-order valence-electron chi connectivity index (χ3n) is 1.67. The van der Waals surface area contributed by atoms with Gasteiger partial charge in [-0.2, -0.15) is 5.10 Å². The third kappa shape index (κ3) is 3.25. The van der Waals surface area contributed by atoms with Gasteiger partial charge in [0.1, 0.15) is 0 Å². The second-order valence-corrected chi connectivity index (χ2v) is 3.26. The van der Waals surface area contributed by atoms with E-state index in [0.717, 1.165) is 12.1 Å². The molecule has 2 N–H and O–H groups in total. The number of nitrogens with zero attached hydrogens (tertiary/aromatic N) is 2. The van der Waals surface area contributed by atoms with E-state index in [1.54, 1.807) is 6.21 Å². The van der Waals surface area contributed by atoms with E-state index in [9.17, 15) is 0 Å². The van der Waals surface area contributed by atoms with Crippen LogP contribution in [0.15, 0.2) is 29.4 Å². The predicted molar refractivity (Wildman–Crippen MR) is 55.6 cm³/mol. The first-order valence-corrected chi connectivity index (χ1v) is 4.19. The molecular weight excluding hydrogens is 162 g/mol.